The number of aliphatic carboxylic acids is 1. The van der Waals surface area contributed by atoms with Crippen LogP contribution in [0, 0.1) is 11.8 Å². The van der Waals surface area contributed by atoms with Gasteiger partial charge in [0.2, 0.25) is 0 Å². The van der Waals surface area contributed by atoms with Gasteiger partial charge in [0.25, 0.3) is 6.01 Å². The van der Waals surface area contributed by atoms with E-state index in [1.54, 1.807) is 23.1 Å². The second-order valence-electron chi connectivity index (χ2n) is 11.0. The van der Waals surface area contributed by atoms with Gasteiger partial charge >= 0.3 is 12.1 Å². The highest BCUT2D eigenvalue weighted by atomic mass is 19.4. The molecule has 3 aliphatic heterocycles. The predicted molar refractivity (Wildman–Crippen MR) is 152 cm³/mol. The number of carboxylic acids is 1. The molecule has 0 saturated carbocycles. The number of oxazole rings is 1. The zero-order valence-electron chi connectivity index (χ0n) is 22.9. The number of allylic oxidation sites excluding steroid dienone is 1. The summed E-state index contributed by atoms with van der Waals surface area (Å²) in [6.07, 6.45) is -2.12. The second kappa shape index (κ2) is 11.3. The number of carbonyl (C=O) groups excluding carboxylic acids is 1. The van der Waals surface area contributed by atoms with Crippen molar-refractivity contribution in [1.82, 2.24) is 4.98 Å². The van der Waals surface area contributed by atoms with Crippen LogP contribution < -0.4 is 15.1 Å². The Morgan fingerprint density at radius 3 is 2.40 bits per heavy atom. The molecule has 226 valence electrons. The van der Waals surface area contributed by atoms with Crippen molar-refractivity contribution in [3.63, 3.8) is 0 Å². The molecule has 3 fully saturated rings. The maximum atomic E-state index is 14.2. The van der Waals surface area contributed by atoms with Crippen LogP contribution in [0.25, 0.3) is 16.8 Å². The SMILES string of the molecule is O=C(O)C(=CO)C(=O)C=C(Nc1ccc2nc(N3CC4COCC4C3)oc2c1)c1ccc(N2CCCC2)c(C(F)(F)F)c1. The van der Waals surface area contributed by atoms with Crippen LogP contribution in [0.15, 0.2) is 58.7 Å². The summed E-state index contributed by atoms with van der Waals surface area (Å²) < 4.78 is 54.2. The fourth-order valence-electron chi connectivity index (χ4n) is 5.91. The van der Waals surface area contributed by atoms with Gasteiger partial charge in [0, 0.05) is 67.2 Å². The Kier molecular flexibility index (Phi) is 7.50. The third-order valence-corrected chi connectivity index (χ3v) is 8.13. The number of aromatic nitrogens is 1. The Balaban J connectivity index is 1.35. The molecular weight excluding hydrogens is 569 g/mol. The van der Waals surface area contributed by atoms with Gasteiger partial charge in [0.15, 0.2) is 11.4 Å². The normalized spacial score (nSPS) is 21.1. The number of benzene rings is 2. The lowest BCUT2D eigenvalue weighted by atomic mass is 10.0. The van der Waals surface area contributed by atoms with Crippen LogP contribution in [0.4, 0.5) is 30.6 Å². The highest BCUT2D eigenvalue weighted by molar-refractivity contribution is 6.23. The molecule has 2 aromatic carbocycles. The number of ketones is 1. The fourth-order valence-corrected chi connectivity index (χ4v) is 5.91. The average Bonchev–Trinajstić information content (AvgIpc) is 3.76. The summed E-state index contributed by atoms with van der Waals surface area (Å²) in [6.45, 7) is 3.92. The van der Waals surface area contributed by atoms with E-state index in [2.05, 4.69) is 15.2 Å². The second-order valence-corrected chi connectivity index (χ2v) is 11.0. The van der Waals surface area contributed by atoms with Gasteiger partial charge in [0.1, 0.15) is 11.1 Å². The molecule has 1 aromatic heterocycles. The van der Waals surface area contributed by atoms with Crippen molar-refractivity contribution in [2.45, 2.75) is 19.0 Å². The molecule has 10 nitrogen and oxygen atoms in total. The minimum absolute atomic E-state index is 0.00418. The first-order chi connectivity index (χ1) is 20.6. The van der Waals surface area contributed by atoms with Crippen LogP contribution in [-0.2, 0) is 20.5 Å². The molecular formula is C30H29F3N4O6. The predicted octanol–water partition coefficient (Wildman–Crippen LogP) is 5.08. The van der Waals surface area contributed by atoms with E-state index in [1.807, 2.05) is 0 Å². The number of nitrogens with one attached hydrogen (secondary N) is 1. The summed E-state index contributed by atoms with van der Waals surface area (Å²) in [5, 5.41) is 21.6. The number of aliphatic hydroxyl groups excluding tert-OH is 1. The number of anilines is 3. The van der Waals surface area contributed by atoms with Crippen molar-refractivity contribution in [2.75, 3.05) is 54.5 Å². The van der Waals surface area contributed by atoms with E-state index in [9.17, 15) is 33.0 Å². The van der Waals surface area contributed by atoms with E-state index >= 15 is 0 Å². The van der Waals surface area contributed by atoms with Crippen LogP contribution in [0.2, 0.25) is 0 Å². The molecule has 2 unspecified atom stereocenters. The molecule has 0 amide bonds. The van der Waals surface area contributed by atoms with Crippen LogP contribution in [0.3, 0.4) is 0 Å². The number of nitrogens with zero attached hydrogens (tertiary/aromatic N) is 3. The summed E-state index contributed by atoms with van der Waals surface area (Å²) >= 11 is 0. The maximum Gasteiger partial charge on any atom is 0.418 e. The third-order valence-electron chi connectivity index (χ3n) is 8.13. The number of hydrogen-bond donors (Lipinski definition) is 3. The number of carboxylic acid groups (broad SMARTS) is 1. The van der Waals surface area contributed by atoms with Crippen molar-refractivity contribution < 1.29 is 42.1 Å². The van der Waals surface area contributed by atoms with Gasteiger partial charge in [-0.1, -0.05) is 6.07 Å². The zero-order chi connectivity index (χ0) is 30.3. The number of rotatable bonds is 8. The molecule has 4 heterocycles. The lowest BCUT2D eigenvalue weighted by molar-refractivity contribution is -0.137. The van der Waals surface area contributed by atoms with Gasteiger partial charge in [-0.05, 0) is 42.7 Å². The van der Waals surface area contributed by atoms with Crippen LogP contribution in [0.5, 0.6) is 0 Å². The van der Waals surface area contributed by atoms with Gasteiger partial charge in [-0.2, -0.15) is 18.2 Å². The number of aliphatic hydroxyl groups is 1. The van der Waals surface area contributed by atoms with Crippen LogP contribution in [0.1, 0.15) is 24.0 Å². The number of carbonyl (C=O) groups is 2. The topological polar surface area (TPSA) is 128 Å². The number of halogens is 3. The van der Waals surface area contributed by atoms with Gasteiger partial charge < -0.3 is 34.5 Å². The minimum Gasteiger partial charge on any atom is -0.515 e. The Morgan fingerprint density at radius 1 is 1.02 bits per heavy atom. The van der Waals surface area contributed by atoms with E-state index in [0.29, 0.717) is 60.9 Å². The van der Waals surface area contributed by atoms with E-state index in [1.165, 1.54) is 12.1 Å². The lowest BCUT2D eigenvalue weighted by Crippen LogP contribution is -2.22. The number of ether oxygens (including phenoxy) is 1. The number of hydrogen-bond acceptors (Lipinski definition) is 9. The smallest absolute Gasteiger partial charge is 0.418 e. The molecule has 0 spiro atoms. The highest BCUT2D eigenvalue weighted by Crippen LogP contribution is 2.40. The van der Waals surface area contributed by atoms with Gasteiger partial charge in [0.05, 0.1) is 25.0 Å². The Morgan fingerprint density at radius 2 is 1.74 bits per heavy atom. The van der Waals surface area contributed by atoms with Crippen molar-refractivity contribution in [3.8, 4) is 0 Å². The number of fused-ring (bicyclic) bond motifs is 2. The van der Waals surface area contributed by atoms with Gasteiger partial charge in [-0.25, -0.2) is 4.79 Å². The summed E-state index contributed by atoms with van der Waals surface area (Å²) in [4.78, 5) is 32.6. The molecule has 3 N–H and O–H groups in total. The van der Waals surface area contributed by atoms with Crippen molar-refractivity contribution in [2.24, 2.45) is 11.8 Å². The standard InChI is InChI=1S/C30H29F3N4O6/c31-30(32,33)22-9-17(3-6-25(22)36-7-1-2-8-36)24(11-26(39)21(14-38)28(40)41)34-20-4-5-23-27(10-20)43-29(35-23)37-12-18-15-42-16-19(18)13-37/h3-6,9-11,14,18-19,34,38H,1-2,7-8,12-13,15-16H2,(H,40,41). The number of alkyl halides is 3. The molecule has 43 heavy (non-hydrogen) atoms. The van der Waals surface area contributed by atoms with E-state index in [-0.39, 0.29) is 23.2 Å². The van der Waals surface area contributed by atoms with Gasteiger partial charge in [-0.3, -0.25) is 4.79 Å². The van der Waals surface area contributed by atoms with Crippen LogP contribution >= 0.6 is 0 Å². The summed E-state index contributed by atoms with van der Waals surface area (Å²) in [5.41, 5.74) is -0.537. The first-order valence-corrected chi connectivity index (χ1v) is 13.9. The molecule has 3 aliphatic rings. The summed E-state index contributed by atoms with van der Waals surface area (Å²) in [6, 6.07) is 9.10. The lowest BCUT2D eigenvalue weighted by Gasteiger charge is -2.24. The van der Waals surface area contributed by atoms with Crippen molar-refractivity contribution in [1.29, 1.82) is 0 Å². The summed E-state index contributed by atoms with van der Waals surface area (Å²) in [7, 11) is 0. The Labute approximate surface area is 244 Å². The maximum absolute atomic E-state index is 14.2. The average molecular weight is 599 g/mol. The minimum atomic E-state index is -4.68. The molecule has 0 aliphatic carbocycles. The fraction of sp³-hybridized carbons (Fsp3) is 0.367. The monoisotopic (exact) mass is 598 g/mol. The van der Waals surface area contributed by atoms with Crippen molar-refractivity contribution >= 4 is 45.9 Å². The third kappa shape index (κ3) is 5.76. The van der Waals surface area contributed by atoms with Gasteiger partial charge in [-0.15, -0.1) is 0 Å². The Bertz CT molecular complexity index is 1610. The highest BCUT2D eigenvalue weighted by Gasteiger charge is 2.39. The van der Waals surface area contributed by atoms with E-state index < -0.39 is 29.1 Å². The molecule has 3 saturated heterocycles. The molecule has 6 rings (SSSR count). The largest absolute Gasteiger partial charge is 0.515 e. The first-order valence-electron chi connectivity index (χ1n) is 13.9. The van der Waals surface area contributed by atoms with Crippen LogP contribution in [-0.4, -0.2) is 66.3 Å². The molecule has 13 heteroatoms. The Hall–Kier alpha value is -4.52. The molecule has 0 radical (unpaired) electrons. The molecule has 2 atom stereocenters. The van der Waals surface area contributed by atoms with Crippen molar-refractivity contribution in [3.05, 3.63) is 65.4 Å². The van der Waals surface area contributed by atoms with E-state index in [4.69, 9.17) is 9.15 Å². The quantitative estimate of drug-likeness (QED) is 0.140. The first kappa shape index (κ1) is 28.6. The zero-order valence-corrected chi connectivity index (χ0v) is 22.9. The molecule has 3 aromatic rings. The summed E-state index contributed by atoms with van der Waals surface area (Å²) in [5.74, 6) is -1.96. The molecule has 0 bridgehead atoms. The van der Waals surface area contributed by atoms with E-state index in [0.717, 1.165) is 38.1 Å².